The van der Waals surface area contributed by atoms with E-state index < -0.39 is 0 Å². The van der Waals surface area contributed by atoms with Gasteiger partial charge in [0.1, 0.15) is 6.61 Å². The summed E-state index contributed by atoms with van der Waals surface area (Å²) in [6, 6.07) is 0. The van der Waals surface area contributed by atoms with Gasteiger partial charge in [-0.3, -0.25) is 9.69 Å². The van der Waals surface area contributed by atoms with E-state index in [1.807, 2.05) is 0 Å². The maximum Gasteiger partial charge on any atom is 0.302 e. The van der Waals surface area contributed by atoms with Gasteiger partial charge in [-0.05, 0) is 51.6 Å². The molecule has 31 heavy (non-hydrogen) atoms. The highest BCUT2D eigenvalue weighted by Crippen LogP contribution is 2.07. The Morgan fingerprint density at radius 3 is 1.87 bits per heavy atom. The third kappa shape index (κ3) is 18.5. The van der Waals surface area contributed by atoms with Crippen molar-refractivity contribution in [1.82, 2.24) is 9.80 Å². The van der Waals surface area contributed by atoms with Gasteiger partial charge in [0.05, 0.1) is 19.8 Å². The maximum atomic E-state index is 10.4. The first-order chi connectivity index (χ1) is 15.2. The largest absolute Gasteiger partial charge is 0.465 e. The monoisotopic (exact) mass is 444 g/mol. The number of piperidine rings is 1. The molecule has 3 fully saturated rings. The Morgan fingerprint density at radius 1 is 0.742 bits per heavy atom. The van der Waals surface area contributed by atoms with Crippen molar-refractivity contribution in [2.75, 3.05) is 85.5 Å². The zero-order chi connectivity index (χ0) is 22.4. The average Bonchev–Trinajstić information content (AvgIpc) is 2.82. The fraction of sp³-hybridized carbons (Fsp3) is 0.958. The third-order valence-corrected chi connectivity index (χ3v) is 5.54. The van der Waals surface area contributed by atoms with Crippen LogP contribution in [0.3, 0.4) is 0 Å². The van der Waals surface area contributed by atoms with Gasteiger partial charge in [-0.1, -0.05) is 19.8 Å². The van der Waals surface area contributed by atoms with E-state index in [1.54, 1.807) is 0 Å². The number of ether oxygens (including phenoxy) is 4. The number of esters is 1. The number of rotatable bonds is 9. The Kier molecular flexibility index (Phi) is 19.3. The topological polar surface area (TPSA) is 60.5 Å². The van der Waals surface area contributed by atoms with Crippen molar-refractivity contribution in [3.05, 3.63) is 0 Å². The SMILES string of the molecule is C1CCOCC1.CC(=O)OCCN1CCOCC1.CCCCOCCN1CCCCC1. The molecular weight excluding hydrogens is 396 g/mol. The quantitative estimate of drug-likeness (QED) is 0.399. The normalized spacial score (nSPS) is 20.1. The maximum absolute atomic E-state index is 10.4. The molecule has 7 heteroatoms. The van der Waals surface area contributed by atoms with Gasteiger partial charge in [-0.2, -0.15) is 0 Å². The van der Waals surface area contributed by atoms with Crippen LogP contribution in [0.1, 0.15) is 65.2 Å². The standard InChI is InChI=1S/C11H23NO.C8H15NO3.C5H10O/c1-2-3-10-13-11-9-12-7-5-4-6-8-12;1-8(10)12-7-4-9-2-5-11-6-3-9;1-2-4-6-5-3-1/h2-11H2,1H3;2-7H2,1H3;1-5H2. The molecular formula is C24H48N2O5. The van der Waals surface area contributed by atoms with Gasteiger partial charge in [0.15, 0.2) is 0 Å². The van der Waals surface area contributed by atoms with Crippen LogP contribution in [0, 0.1) is 0 Å². The molecule has 0 unspecified atom stereocenters. The minimum atomic E-state index is -0.205. The lowest BCUT2D eigenvalue weighted by Crippen LogP contribution is -2.38. The van der Waals surface area contributed by atoms with Gasteiger partial charge < -0.3 is 23.8 Å². The second-order valence-electron chi connectivity index (χ2n) is 8.34. The molecule has 3 saturated heterocycles. The molecule has 0 amide bonds. The summed E-state index contributed by atoms with van der Waals surface area (Å²) in [5.41, 5.74) is 0. The number of unbranched alkanes of at least 4 members (excludes halogenated alkanes) is 1. The van der Waals surface area contributed by atoms with Gasteiger partial charge >= 0.3 is 5.97 Å². The molecule has 3 rings (SSSR count). The molecule has 0 saturated carbocycles. The Hall–Kier alpha value is -0.730. The molecule has 3 heterocycles. The van der Waals surface area contributed by atoms with Gasteiger partial charge in [-0.15, -0.1) is 0 Å². The molecule has 0 N–H and O–H groups in total. The first kappa shape index (κ1) is 28.3. The van der Waals surface area contributed by atoms with Crippen LogP contribution >= 0.6 is 0 Å². The second-order valence-corrected chi connectivity index (χ2v) is 8.34. The van der Waals surface area contributed by atoms with Crippen molar-refractivity contribution in [3.63, 3.8) is 0 Å². The highest BCUT2D eigenvalue weighted by Gasteiger charge is 2.10. The highest BCUT2D eigenvalue weighted by atomic mass is 16.5. The van der Waals surface area contributed by atoms with Crippen LogP contribution in [0.2, 0.25) is 0 Å². The van der Waals surface area contributed by atoms with E-state index in [-0.39, 0.29) is 5.97 Å². The molecule has 0 aliphatic carbocycles. The number of carbonyl (C=O) groups is 1. The van der Waals surface area contributed by atoms with Crippen molar-refractivity contribution in [2.45, 2.75) is 65.2 Å². The van der Waals surface area contributed by atoms with Crippen molar-refractivity contribution in [1.29, 1.82) is 0 Å². The molecule has 0 aromatic heterocycles. The van der Waals surface area contributed by atoms with Gasteiger partial charge in [-0.25, -0.2) is 0 Å². The Balaban J connectivity index is 0.000000247. The van der Waals surface area contributed by atoms with Crippen LogP contribution in [0.4, 0.5) is 0 Å². The fourth-order valence-electron chi connectivity index (χ4n) is 3.56. The number of likely N-dealkylation sites (tertiary alicyclic amines) is 1. The summed E-state index contributed by atoms with van der Waals surface area (Å²) < 4.78 is 20.6. The van der Waals surface area contributed by atoms with Gasteiger partial charge in [0.25, 0.3) is 0 Å². The molecule has 0 spiro atoms. The zero-order valence-electron chi connectivity index (χ0n) is 20.3. The fourth-order valence-corrected chi connectivity index (χ4v) is 3.56. The van der Waals surface area contributed by atoms with E-state index in [9.17, 15) is 4.79 Å². The van der Waals surface area contributed by atoms with Crippen LogP contribution < -0.4 is 0 Å². The van der Waals surface area contributed by atoms with Crippen LogP contribution in [0.5, 0.6) is 0 Å². The number of morpholine rings is 1. The van der Waals surface area contributed by atoms with E-state index >= 15 is 0 Å². The predicted molar refractivity (Wildman–Crippen MR) is 125 cm³/mol. The zero-order valence-corrected chi connectivity index (χ0v) is 20.3. The van der Waals surface area contributed by atoms with E-state index in [0.29, 0.717) is 6.61 Å². The van der Waals surface area contributed by atoms with Crippen LogP contribution in [-0.4, -0.2) is 101 Å². The minimum Gasteiger partial charge on any atom is -0.465 e. The average molecular weight is 445 g/mol. The van der Waals surface area contributed by atoms with Crippen LogP contribution in [0.15, 0.2) is 0 Å². The summed E-state index contributed by atoms with van der Waals surface area (Å²) in [6.07, 6.45) is 10.6. The molecule has 184 valence electrons. The van der Waals surface area contributed by atoms with Crippen molar-refractivity contribution < 1.29 is 23.7 Å². The van der Waals surface area contributed by atoms with E-state index in [4.69, 9.17) is 18.9 Å². The van der Waals surface area contributed by atoms with Gasteiger partial charge in [0, 0.05) is 52.9 Å². The summed E-state index contributed by atoms with van der Waals surface area (Å²) >= 11 is 0. The molecule has 3 aliphatic rings. The molecule has 0 aromatic rings. The lowest BCUT2D eigenvalue weighted by molar-refractivity contribution is -0.141. The first-order valence-corrected chi connectivity index (χ1v) is 12.5. The molecule has 0 atom stereocenters. The summed E-state index contributed by atoms with van der Waals surface area (Å²) in [5.74, 6) is -0.205. The molecule has 0 radical (unpaired) electrons. The number of hydrogen-bond donors (Lipinski definition) is 0. The van der Waals surface area contributed by atoms with E-state index in [0.717, 1.165) is 65.8 Å². The van der Waals surface area contributed by atoms with Crippen molar-refractivity contribution in [2.24, 2.45) is 0 Å². The minimum absolute atomic E-state index is 0.205. The smallest absolute Gasteiger partial charge is 0.302 e. The number of carbonyl (C=O) groups excluding carboxylic acids is 1. The van der Waals surface area contributed by atoms with Gasteiger partial charge in [0.2, 0.25) is 0 Å². The van der Waals surface area contributed by atoms with Crippen LogP contribution in [0.25, 0.3) is 0 Å². The number of nitrogens with zero attached hydrogens (tertiary/aromatic N) is 2. The lowest BCUT2D eigenvalue weighted by Gasteiger charge is -2.26. The Morgan fingerprint density at radius 2 is 1.32 bits per heavy atom. The molecule has 3 aliphatic heterocycles. The molecule has 7 nitrogen and oxygen atoms in total. The predicted octanol–water partition coefficient (Wildman–Crippen LogP) is 3.36. The summed E-state index contributed by atoms with van der Waals surface area (Å²) in [5, 5.41) is 0. The molecule has 0 bridgehead atoms. The lowest BCUT2D eigenvalue weighted by atomic mass is 10.1. The van der Waals surface area contributed by atoms with E-state index in [2.05, 4.69) is 16.7 Å². The molecule has 0 aromatic carbocycles. The first-order valence-electron chi connectivity index (χ1n) is 12.5. The summed E-state index contributed by atoms with van der Waals surface area (Å²) in [6.45, 7) is 16.0. The Labute approximate surface area is 190 Å². The van der Waals surface area contributed by atoms with Crippen molar-refractivity contribution in [3.8, 4) is 0 Å². The van der Waals surface area contributed by atoms with E-state index in [1.165, 1.54) is 71.4 Å². The highest BCUT2D eigenvalue weighted by molar-refractivity contribution is 5.65. The van der Waals surface area contributed by atoms with Crippen LogP contribution in [-0.2, 0) is 23.7 Å². The summed E-state index contributed by atoms with van der Waals surface area (Å²) in [4.78, 5) is 15.2. The Bertz CT molecular complexity index is 384. The second kappa shape index (κ2) is 21.1. The number of hydrogen-bond acceptors (Lipinski definition) is 7. The summed E-state index contributed by atoms with van der Waals surface area (Å²) in [7, 11) is 0. The third-order valence-electron chi connectivity index (χ3n) is 5.54. The van der Waals surface area contributed by atoms with Crippen molar-refractivity contribution >= 4 is 5.97 Å².